The molecule has 0 unspecified atom stereocenters. The number of Topliss-reactive ketones (excluding diaryl/α,β-unsaturated/α-hetero) is 2. The number of halogens is 1. The Balaban J connectivity index is -0.000000277. The van der Waals surface area contributed by atoms with Gasteiger partial charge in [-0.2, -0.15) is 0 Å². The standard InChI is InChI=1S/C16H26O4Si2.C12H20O2Si2.C8H7IO2.2C6H14O2Si.C4H14OSi2.H2O.H2/c1-13(17)14-8-10-15(11-9-14)22(4,5)20-21(2,3)12-6-7-16(18)19;1-10(13)11-6-8-12(9-7-11)16(4,5)14-15(2)3;1-11-8(10)6-2-4-7(9)5-3-6;1-9(2)5-3-4-8-6-7;1-9(2)5-3-4-6(7)8;1-6(2)5-7(3)4;;/h8-11H,6-7,12H2,1-5H3,(H,18,19);6-9,15H,1-5H3;2-5H,1H3;6,9H,3-5H2,1-2H3;9H,3-5H2,1-2H3,(H,7,8);6-7H,1-4H3;1H2;1H. The predicted molar refractivity (Wildman–Crippen MR) is 343 cm³/mol. The lowest BCUT2D eigenvalue weighted by Crippen LogP contribution is -2.52. The van der Waals surface area contributed by atoms with Crippen LogP contribution in [0.2, 0.25) is 123 Å². The van der Waals surface area contributed by atoms with Gasteiger partial charge < -0.3 is 37.5 Å². The Morgan fingerprint density at radius 3 is 1.31 bits per heavy atom. The van der Waals surface area contributed by atoms with Crippen molar-refractivity contribution in [1.82, 2.24) is 0 Å². The number of ketones is 2. The maximum absolute atomic E-state index is 11.3. The zero-order chi connectivity index (χ0) is 57.8. The number of carboxylic acids is 2. The fraction of sp³-hybridized carbons (Fsp3) is 0.538. The predicted octanol–water partition coefficient (Wildman–Crippen LogP) is 10.5. The van der Waals surface area contributed by atoms with Gasteiger partial charge in [-0.05, 0) is 175 Å². The highest BCUT2D eigenvalue weighted by Gasteiger charge is 2.34. The van der Waals surface area contributed by atoms with Gasteiger partial charge in [-0.3, -0.25) is 24.0 Å². The van der Waals surface area contributed by atoms with Gasteiger partial charge in [-0.25, -0.2) is 4.79 Å². The number of benzene rings is 3. The molecular formula is C52H99IO14Si8. The number of esters is 1. The number of hydrogen-bond donors (Lipinski definition) is 2. The molecule has 0 spiro atoms. The first-order valence-corrected chi connectivity index (χ1v) is 50.3. The summed E-state index contributed by atoms with van der Waals surface area (Å²) >= 11 is 2.18. The molecule has 0 fully saturated rings. The van der Waals surface area contributed by atoms with E-state index in [0.29, 0.717) is 37.0 Å². The highest BCUT2D eigenvalue weighted by molar-refractivity contribution is 14.1. The highest BCUT2D eigenvalue weighted by Crippen LogP contribution is 2.21. The van der Waals surface area contributed by atoms with Gasteiger partial charge in [0.1, 0.15) is 0 Å². The van der Waals surface area contributed by atoms with Crippen molar-refractivity contribution in [3.8, 4) is 0 Å². The molecule has 3 rings (SSSR count). The molecule has 14 nitrogen and oxygen atoms in total. The quantitative estimate of drug-likeness (QED) is 0.0213. The number of carbonyl (C=O) groups excluding carboxylic acids is 4. The normalized spacial score (nSPS) is 10.9. The average Bonchev–Trinajstić information content (AvgIpc) is 3.27. The summed E-state index contributed by atoms with van der Waals surface area (Å²) in [4.78, 5) is 63.7. The third kappa shape index (κ3) is 44.8. The van der Waals surface area contributed by atoms with Crippen molar-refractivity contribution in [1.29, 1.82) is 0 Å². The second-order valence-corrected chi connectivity index (χ2v) is 49.3. The van der Waals surface area contributed by atoms with Gasteiger partial charge in [-0.15, -0.1) is 0 Å². The van der Waals surface area contributed by atoms with Crippen LogP contribution < -0.4 is 10.4 Å². The third-order valence-electron chi connectivity index (χ3n) is 10.3. The molecule has 3 aromatic carbocycles. The molecule has 0 bridgehead atoms. The summed E-state index contributed by atoms with van der Waals surface area (Å²) in [5, 5.41) is 19.4. The largest absolute Gasteiger partial charge is 0.481 e. The van der Waals surface area contributed by atoms with Crippen LogP contribution in [0.15, 0.2) is 72.8 Å². The molecule has 0 saturated carbocycles. The third-order valence-corrected chi connectivity index (χ3v) is 32.0. The molecule has 0 heterocycles. The Bertz CT molecular complexity index is 2040. The van der Waals surface area contributed by atoms with Crippen LogP contribution in [0.25, 0.3) is 0 Å². The summed E-state index contributed by atoms with van der Waals surface area (Å²) < 4.78 is 28.3. The van der Waals surface area contributed by atoms with Crippen molar-refractivity contribution in [3.05, 3.63) is 93.1 Å². The molecule has 0 aliphatic heterocycles. The van der Waals surface area contributed by atoms with Gasteiger partial charge in [-0.1, -0.05) is 86.8 Å². The minimum Gasteiger partial charge on any atom is -0.481 e. The molecule has 23 heteroatoms. The zero-order valence-corrected chi connectivity index (χ0v) is 60.0. The number of ether oxygens (including phenoxy) is 2. The molecule has 0 aromatic heterocycles. The van der Waals surface area contributed by atoms with Crippen LogP contribution in [0.3, 0.4) is 0 Å². The van der Waals surface area contributed by atoms with E-state index in [1.165, 1.54) is 18.3 Å². The van der Waals surface area contributed by atoms with E-state index in [4.69, 9.17) is 22.6 Å². The first kappa shape index (κ1) is 78.7. The summed E-state index contributed by atoms with van der Waals surface area (Å²) in [5.74, 6) is -1.52. The van der Waals surface area contributed by atoms with E-state index in [-0.39, 0.29) is 30.9 Å². The van der Waals surface area contributed by atoms with Crippen LogP contribution in [0.5, 0.6) is 0 Å². The molecule has 430 valence electrons. The lowest BCUT2D eigenvalue weighted by molar-refractivity contribution is -0.138. The van der Waals surface area contributed by atoms with E-state index in [1.807, 2.05) is 60.7 Å². The van der Waals surface area contributed by atoms with Crippen LogP contribution in [0.4, 0.5) is 0 Å². The number of aliphatic carboxylic acids is 2. The maximum atomic E-state index is 11.3. The monoisotopic (exact) mass is 1300 g/mol. The van der Waals surface area contributed by atoms with Crippen LogP contribution in [-0.2, 0) is 36.2 Å². The fourth-order valence-electron chi connectivity index (χ4n) is 6.87. The van der Waals surface area contributed by atoms with E-state index >= 15 is 0 Å². The SMILES string of the molecule is CC(=O)c1ccc([Si](C)(C)O[SiH](C)C)cc1.CC(=O)c1ccc([Si](C)(C)O[Si](C)(C)CCCC(=O)O)cc1.COC(=O)c1ccc(I)cc1.C[SiH](C)CCCC(=O)O.C[SiH](C)CCCOC=O.C[SiH](C)O[SiH](C)C.O.[HH]. The molecule has 0 atom stereocenters. The van der Waals surface area contributed by atoms with Crippen molar-refractivity contribution < 1.29 is 67.7 Å². The molecule has 0 amide bonds. The van der Waals surface area contributed by atoms with Crippen molar-refractivity contribution in [2.45, 2.75) is 169 Å². The number of carbonyl (C=O) groups is 6. The van der Waals surface area contributed by atoms with Crippen LogP contribution in [0.1, 0.15) is 78.5 Å². The molecule has 0 radical (unpaired) electrons. The lowest BCUT2D eigenvalue weighted by Gasteiger charge is -2.34. The van der Waals surface area contributed by atoms with Crippen molar-refractivity contribution in [2.24, 2.45) is 0 Å². The first-order valence-electron chi connectivity index (χ1n) is 25.7. The number of rotatable bonds is 24. The zero-order valence-electron chi connectivity index (χ0n) is 49.0. The molecular weight excluding hydrogens is 1200 g/mol. The minimum atomic E-state index is -2.05. The Morgan fingerprint density at radius 1 is 0.587 bits per heavy atom. The average molecular weight is 1300 g/mol. The summed E-state index contributed by atoms with van der Waals surface area (Å²) in [6.07, 6.45) is 3.14. The van der Waals surface area contributed by atoms with Crippen LogP contribution >= 0.6 is 22.6 Å². The molecule has 0 saturated heterocycles. The van der Waals surface area contributed by atoms with E-state index in [2.05, 4.69) is 137 Å². The van der Waals surface area contributed by atoms with Crippen molar-refractivity contribution >= 4 is 139 Å². The molecule has 4 N–H and O–H groups in total. The summed E-state index contributed by atoms with van der Waals surface area (Å²) in [5.41, 5.74) is 2.08. The molecule has 0 aliphatic carbocycles. The Morgan fingerprint density at radius 2 is 0.973 bits per heavy atom. The summed E-state index contributed by atoms with van der Waals surface area (Å²) in [6, 6.07) is 26.1. The Kier molecular flexibility index (Phi) is 45.2. The highest BCUT2D eigenvalue weighted by atomic mass is 127. The van der Waals surface area contributed by atoms with E-state index in [1.54, 1.807) is 26.0 Å². The molecule has 3 aromatic rings. The summed E-state index contributed by atoms with van der Waals surface area (Å²) in [7, 11) is -7.55. The van der Waals surface area contributed by atoms with Gasteiger partial charge in [0.2, 0.25) is 16.6 Å². The lowest BCUT2D eigenvalue weighted by atomic mass is 10.2. The van der Waals surface area contributed by atoms with Crippen molar-refractivity contribution in [3.63, 3.8) is 0 Å². The number of hydrogen-bond acceptors (Lipinski definition) is 11. The smallest absolute Gasteiger partial charge is 0.337 e. The minimum absolute atomic E-state index is 0. The van der Waals surface area contributed by atoms with Gasteiger partial charge >= 0.3 is 17.9 Å². The number of methoxy groups -OCH3 is 1. The van der Waals surface area contributed by atoms with E-state index < -0.39 is 81.6 Å². The molecule has 0 aliphatic rings. The second kappa shape index (κ2) is 43.1. The molecule has 75 heavy (non-hydrogen) atoms. The maximum Gasteiger partial charge on any atom is 0.337 e. The summed E-state index contributed by atoms with van der Waals surface area (Å²) in [6.45, 7) is 39.6. The Labute approximate surface area is 478 Å². The topological polar surface area (TPSA) is 221 Å². The first-order chi connectivity index (χ1) is 34.1. The van der Waals surface area contributed by atoms with E-state index in [0.717, 1.165) is 39.3 Å². The Hall–Kier alpha value is -2.81. The van der Waals surface area contributed by atoms with Gasteiger partial charge in [0.15, 0.2) is 47.0 Å². The van der Waals surface area contributed by atoms with Gasteiger partial charge in [0, 0.05) is 46.6 Å². The van der Waals surface area contributed by atoms with Crippen LogP contribution in [0, 0.1) is 3.57 Å². The van der Waals surface area contributed by atoms with Crippen LogP contribution in [-0.4, -0.2) is 135 Å². The fourth-order valence-corrected chi connectivity index (χ4v) is 28.2. The van der Waals surface area contributed by atoms with Gasteiger partial charge in [0.25, 0.3) is 6.47 Å². The van der Waals surface area contributed by atoms with Crippen molar-refractivity contribution in [2.75, 3.05) is 13.7 Å². The number of carboxylic acid groups (broad SMARTS) is 2. The second-order valence-electron chi connectivity index (χ2n) is 21.0. The van der Waals surface area contributed by atoms with E-state index in [9.17, 15) is 28.8 Å². The van der Waals surface area contributed by atoms with Gasteiger partial charge in [0.05, 0.1) is 19.3 Å².